The third-order valence-electron chi connectivity index (χ3n) is 5.93. The van der Waals surface area contributed by atoms with Gasteiger partial charge in [-0.05, 0) is 49.3 Å². The normalized spacial score (nSPS) is 27.4. The van der Waals surface area contributed by atoms with E-state index in [9.17, 15) is 22.8 Å². The van der Waals surface area contributed by atoms with Gasteiger partial charge in [0.1, 0.15) is 12.4 Å². The predicted molar refractivity (Wildman–Crippen MR) is 96.6 cm³/mol. The van der Waals surface area contributed by atoms with Gasteiger partial charge < -0.3 is 19.7 Å². The molecule has 2 heterocycles. The Morgan fingerprint density at radius 2 is 1.97 bits per heavy atom. The van der Waals surface area contributed by atoms with E-state index in [-0.39, 0.29) is 22.8 Å². The summed E-state index contributed by atoms with van der Waals surface area (Å²) in [6, 6.07) is 4.43. The fourth-order valence-corrected chi connectivity index (χ4v) is 4.59. The van der Waals surface area contributed by atoms with Crippen LogP contribution in [0.5, 0.6) is 5.75 Å². The van der Waals surface area contributed by atoms with E-state index >= 15 is 0 Å². The van der Waals surface area contributed by atoms with E-state index in [1.807, 2.05) is 0 Å². The third kappa shape index (κ3) is 4.24. The number of rotatable bonds is 3. The number of piperidine rings is 1. The lowest BCUT2D eigenvalue weighted by atomic mass is 9.68. The van der Waals surface area contributed by atoms with Gasteiger partial charge >= 0.3 is 12.5 Å². The van der Waals surface area contributed by atoms with E-state index < -0.39 is 23.7 Å². The second-order valence-corrected chi connectivity index (χ2v) is 8.33. The molecule has 1 N–H and O–H groups in total. The number of ether oxygens (including phenoxy) is 2. The Kier molecular flexibility index (Phi) is 5.04. The van der Waals surface area contributed by atoms with Crippen LogP contribution in [-0.2, 0) is 9.53 Å². The molecule has 1 aromatic carbocycles. The molecule has 10 heteroatoms. The van der Waals surface area contributed by atoms with Crippen molar-refractivity contribution in [1.29, 1.82) is 0 Å². The van der Waals surface area contributed by atoms with Gasteiger partial charge in [0.15, 0.2) is 0 Å². The van der Waals surface area contributed by atoms with Crippen LogP contribution in [0.3, 0.4) is 0 Å². The van der Waals surface area contributed by atoms with Crippen molar-refractivity contribution in [1.82, 2.24) is 10.2 Å². The van der Waals surface area contributed by atoms with E-state index in [0.717, 1.165) is 0 Å². The van der Waals surface area contributed by atoms with Crippen molar-refractivity contribution in [3.63, 3.8) is 0 Å². The van der Waals surface area contributed by atoms with Gasteiger partial charge in [0, 0.05) is 19.0 Å². The number of nitrogens with zero attached hydrogens (tertiary/aromatic N) is 1. The van der Waals surface area contributed by atoms with E-state index in [1.54, 1.807) is 11.0 Å². The summed E-state index contributed by atoms with van der Waals surface area (Å²) in [7, 11) is 0. The molecule has 0 atom stereocenters. The predicted octanol–water partition coefficient (Wildman–Crippen LogP) is 3.83. The first kappa shape index (κ1) is 20.1. The lowest BCUT2D eigenvalue weighted by Gasteiger charge is -2.45. The number of likely N-dealkylation sites (tertiary alicyclic amines) is 1. The van der Waals surface area contributed by atoms with Crippen LogP contribution in [0.25, 0.3) is 0 Å². The molecule has 1 aliphatic carbocycles. The number of alkyl halides is 3. The van der Waals surface area contributed by atoms with Crippen LogP contribution in [-0.4, -0.2) is 48.5 Å². The molecule has 3 aliphatic rings. The molecule has 1 aromatic rings. The first-order valence-corrected chi connectivity index (χ1v) is 9.81. The summed E-state index contributed by atoms with van der Waals surface area (Å²) < 4.78 is 46.5. The fraction of sp³-hybridized carbons (Fsp3) is 0.579. The molecule has 1 spiro atoms. The quantitative estimate of drug-likeness (QED) is 0.788. The monoisotopic (exact) mass is 432 g/mol. The number of hydrogen-bond donors (Lipinski definition) is 1. The average Bonchev–Trinajstić information content (AvgIpc) is 3.03. The van der Waals surface area contributed by atoms with Crippen molar-refractivity contribution in [3.8, 4) is 5.75 Å². The van der Waals surface area contributed by atoms with Gasteiger partial charge in [0.2, 0.25) is 5.91 Å². The van der Waals surface area contributed by atoms with Crippen LogP contribution in [0.4, 0.5) is 18.0 Å². The van der Waals surface area contributed by atoms with E-state index in [2.05, 4.69) is 10.1 Å². The van der Waals surface area contributed by atoms with Crippen LogP contribution in [0.1, 0.15) is 37.2 Å². The zero-order valence-electron chi connectivity index (χ0n) is 15.4. The minimum Gasteiger partial charge on any atom is -0.447 e. The number of halogens is 4. The second-order valence-electron chi connectivity index (χ2n) is 7.92. The summed E-state index contributed by atoms with van der Waals surface area (Å²) in [4.78, 5) is 25.7. The molecule has 0 aromatic heterocycles. The van der Waals surface area contributed by atoms with Gasteiger partial charge in [0.05, 0.1) is 10.6 Å². The molecule has 0 radical (unpaired) electrons. The SMILES string of the molecule is O=C1N[C@]2(CO1)C[C@H](C(=O)N1CCC(c3ccc(Cl)c(OC(F)(F)F)c3)CC1)C2. The summed E-state index contributed by atoms with van der Waals surface area (Å²) in [5.41, 5.74) is 0.322. The first-order valence-electron chi connectivity index (χ1n) is 9.43. The highest BCUT2D eigenvalue weighted by Gasteiger charge is 2.53. The van der Waals surface area contributed by atoms with Crippen molar-refractivity contribution >= 4 is 23.6 Å². The van der Waals surface area contributed by atoms with E-state index in [4.69, 9.17) is 16.3 Å². The number of carbonyl (C=O) groups is 2. The maximum atomic E-state index is 12.7. The van der Waals surface area contributed by atoms with Crippen molar-refractivity contribution in [2.75, 3.05) is 19.7 Å². The Hall–Kier alpha value is -2.16. The van der Waals surface area contributed by atoms with E-state index in [1.165, 1.54) is 12.1 Å². The Bertz CT molecular complexity index is 818. The zero-order chi connectivity index (χ0) is 20.8. The fourth-order valence-electron chi connectivity index (χ4n) is 4.44. The van der Waals surface area contributed by atoms with Crippen LogP contribution in [0.15, 0.2) is 18.2 Å². The number of nitrogens with one attached hydrogen (secondary N) is 1. The maximum Gasteiger partial charge on any atom is 0.573 e. The number of cyclic esters (lactones) is 1. The average molecular weight is 433 g/mol. The number of alkyl carbamates (subject to hydrolysis) is 1. The molecular weight excluding hydrogens is 413 g/mol. The van der Waals surface area contributed by atoms with Gasteiger partial charge in [0.25, 0.3) is 0 Å². The van der Waals surface area contributed by atoms with Crippen LogP contribution >= 0.6 is 11.6 Å². The maximum absolute atomic E-state index is 12.7. The van der Waals surface area contributed by atoms with Gasteiger partial charge in [-0.1, -0.05) is 17.7 Å². The second kappa shape index (κ2) is 7.27. The lowest BCUT2D eigenvalue weighted by molar-refractivity contribution is -0.274. The Morgan fingerprint density at radius 1 is 1.28 bits per heavy atom. The Balaban J connectivity index is 1.32. The first-order chi connectivity index (χ1) is 13.6. The highest BCUT2D eigenvalue weighted by molar-refractivity contribution is 6.32. The summed E-state index contributed by atoms with van der Waals surface area (Å²) in [5, 5.41) is 2.68. The van der Waals surface area contributed by atoms with Crippen molar-refractivity contribution in [2.24, 2.45) is 5.92 Å². The topological polar surface area (TPSA) is 67.9 Å². The Labute approximate surface area is 170 Å². The van der Waals surface area contributed by atoms with Crippen molar-refractivity contribution in [2.45, 2.75) is 43.5 Å². The van der Waals surface area contributed by atoms with Crippen molar-refractivity contribution in [3.05, 3.63) is 28.8 Å². The lowest BCUT2D eigenvalue weighted by Crippen LogP contribution is -2.58. The zero-order valence-corrected chi connectivity index (χ0v) is 16.2. The summed E-state index contributed by atoms with van der Waals surface area (Å²) >= 11 is 5.81. The largest absolute Gasteiger partial charge is 0.573 e. The molecular formula is C19H20ClF3N2O4. The minimum absolute atomic E-state index is 0.0298. The minimum atomic E-state index is -4.80. The number of hydrogen-bond acceptors (Lipinski definition) is 4. The molecule has 4 rings (SSSR count). The van der Waals surface area contributed by atoms with Gasteiger partial charge in [-0.3, -0.25) is 4.79 Å². The van der Waals surface area contributed by atoms with Gasteiger partial charge in [-0.25, -0.2) is 4.79 Å². The summed E-state index contributed by atoms with van der Waals surface area (Å²) in [5.74, 6) is -0.443. The standard InChI is InChI=1S/C19H20ClF3N2O4/c20-14-2-1-12(7-15(14)29-19(21,22)23)11-3-5-25(6-4-11)16(26)13-8-18(9-13)10-28-17(27)24-18/h1-2,7,11,13H,3-6,8-10H2,(H,24,27)/t13-,18+. The molecule has 1 saturated carbocycles. The molecule has 29 heavy (non-hydrogen) atoms. The highest BCUT2D eigenvalue weighted by atomic mass is 35.5. The third-order valence-corrected chi connectivity index (χ3v) is 6.24. The van der Waals surface area contributed by atoms with Gasteiger partial charge in [-0.2, -0.15) is 0 Å². The summed E-state index contributed by atoms with van der Waals surface area (Å²) in [6.45, 7) is 1.37. The molecule has 2 aliphatic heterocycles. The van der Waals surface area contributed by atoms with Crippen molar-refractivity contribution < 1.29 is 32.2 Å². The van der Waals surface area contributed by atoms with Crippen LogP contribution in [0, 0.1) is 5.92 Å². The Morgan fingerprint density at radius 3 is 2.55 bits per heavy atom. The smallest absolute Gasteiger partial charge is 0.447 e. The molecule has 2 amide bonds. The molecule has 0 unspecified atom stereocenters. The summed E-state index contributed by atoms with van der Waals surface area (Å²) in [6.07, 6.45) is -2.79. The van der Waals surface area contributed by atoms with Crippen LogP contribution < -0.4 is 10.1 Å². The van der Waals surface area contributed by atoms with E-state index in [0.29, 0.717) is 50.9 Å². The number of carbonyl (C=O) groups excluding carboxylic acids is 2. The highest BCUT2D eigenvalue weighted by Crippen LogP contribution is 2.42. The molecule has 2 saturated heterocycles. The van der Waals surface area contributed by atoms with Gasteiger partial charge in [-0.15, -0.1) is 13.2 Å². The molecule has 3 fully saturated rings. The molecule has 158 valence electrons. The number of amides is 2. The molecule has 0 bridgehead atoms. The number of benzene rings is 1. The van der Waals surface area contributed by atoms with Crippen LogP contribution in [0.2, 0.25) is 5.02 Å². The molecule has 6 nitrogen and oxygen atoms in total.